The zero-order chi connectivity index (χ0) is 8.27. The van der Waals surface area contributed by atoms with Crippen LogP contribution in [0.15, 0.2) is 0 Å². The van der Waals surface area contributed by atoms with Crippen molar-refractivity contribution in [3.63, 3.8) is 0 Å². The fourth-order valence-electron chi connectivity index (χ4n) is 1.49. The van der Waals surface area contributed by atoms with E-state index in [0.717, 1.165) is 19.4 Å². The van der Waals surface area contributed by atoms with Gasteiger partial charge in [-0.25, -0.2) is 0 Å². The Hall–Kier alpha value is -0.610. The second-order valence-corrected chi connectivity index (χ2v) is 2.88. The molecule has 0 radical (unpaired) electrons. The number of nitrogens with one attached hydrogen (secondary N) is 1. The first kappa shape index (κ1) is 8.49. The van der Waals surface area contributed by atoms with Crippen LogP contribution < -0.4 is 11.1 Å². The van der Waals surface area contributed by atoms with Crippen molar-refractivity contribution < 1.29 is 9.90 Å². The molecule has 1 aliphatic heterocycles. The van der Waals surface area contributed by atoms with Crippen LogP contribution in [0.5, 0.6) is 0 Å². The summed E-state index contributed by atoms with van der Waals surface area (Å²) in [5.74, 6) is -1.19. The number of carboxylic acids is 1. The van der Waals surface area contributed by atoms with Gasteiger partial charge in [0.2, 0.25) is 0 Å². The van der Waals surface area contributed by atoms with E-state index in [9.17, 15) is 4.79 Å². The van der Waals surface area contributed by atoms with Gasteiger partial charge < -0.3 is 16.2 Å². The van der Waals surface area contributed by atoms with Crippen LogP contribution in [0, 0.1) is 5.92 Å². The molecular weight excluding hydrogens is 144 g/mol. The fraction of sp³-hybridized carbons (Fsp3) is 0.857. The van der Waals surface area contributed by atoms with Crippen molar-refractivity contribution in [2.45, 2.75) is 18.9 Å². The summed E-state index contributed by atoms with van der Waals surface area (Å²) < 4.78 is 0. The maximum absolute atomic E-state index is 10.6. The third-order valence-corrected chi connectivity index (χ3v) is 2.16. The molecule has 0 aromatic carbocycles. The normalized spacial score (nSPS) is 26.8. The Labute approximate surface area is 65.8 Å². The van der Waals surface area contributed by atoms with Gasteiger partial charge >= 0.3 is 5.97 Å². The smallest absolute Gasteiger partial charge is 0.309 e. The van der Waals surface area contributed by atoms with E-state index in [1.165, 1.54) is 0 Å². The van der Waals surface area contributed by atoms with Crippen LogP contribution in [-0.2, 0) is 4.79 Å². The fourth-order valence-corrected chi connectivity index (χ4v) is 1.49. The number of carboxylic acid groups (broad SMARTS) is 1. The molecule has 4 nitrogen and oxygen atoms in total. The van der Waals surface area contributed by atoms with Gasteiger partial charge in [0.1, 0.15) is 0 Å². The summed E-state index contributed by atoms with van der Waals surface area (Å²) in [4.78, 5) is 10.6. The first-order valence-electron chi connectivity index (χ1n) is 3.92. The number of rotatable bonds is 3. The summed E-state index contributed by atoms with van der Waals surface area (Å²) in [6.45, 7) is 1.15. The molecule has 0 bridgehead atoms. The number of carbonyl (C=O) groups is 1. The number of nitrogens with two attached hydrogens (primary N) is 1. The van der Waals surface area contributed by atoms with Crippen LogP contribution in [0.3, 0.4) is 0 Å². The van der Waals surface area contributed by atoms with Gasteiger partial charge in [0.25, 0.3) is 0 Å². The zero-order valence-electron chi connectivity index (χ0n) is 6.42. The lowest BCUT2D eigenvalue weighted by Crippen LogP contribution is -2.40. The van der Waals surface area contributed by atoms with Gasteiger partial charge in [0, 0.05) is 12.6 Å². The molecule has 4 heteroatoms. The van der Waals surface area contributed by atoms with E-state index in [2.05, 4.69) is 5.32 Å². The minimum absolute atomic E-state index is 0.0949. The van der Waals surface area contributed by atoms with Crippen LogP contribution in [0.25, 0.3) is 0 Å². The second kappa shape index (κ2) is 3.69. The average Bonchev–Trinajstić information content (AvgIpc) is 2.40. The van der Waals surface area contributed by atoms with Crippen LogP contribution >= 0.6 is 0 Å². The van der Waals surface area contributed by atoms with Crippen LogP contribution in [0.4, 0.5) is 0 Å². The van der Waals surface area contributed by atoms with Crippen LogP contribution in [0.1, 0.15) is 12.8 Å². The topological polar surface area (TPSA) is 75.4 Å². The van der Waals surface area contributed by atoms with E-state index in [1.54, 1.807) is 0 Å². The molecular formula is C7H14N2O2. The predicted octanol–water partition coefficient (Wildman–Crippen LogP) is -0.602. The summed E-state index contributed by atoms with van der Waals surface area (Å²) in [6, 6.07) is 0.0949. The van der Waals surface area contributed by atoms with E-state index >= 15 is 0 Å². The van der Waals surface area contributed by atoms with Crippen molar-refractivity contribution in [1.82, 2.24) is 5.32 Å². The zero-order valence-corrected chi connectivity index (χ0v) is 6.42. The monoisotopic (exact) mass is 158 g/mol. The van der Waals surface area contributed by atoms with Gasteiger partial charge in [0.05, 0.1) is 5.92 Å². The molecule has 1 saturated heterocycles. The Kier molecular flexibility index (Phi) is 2.84. The Morgan fingerprint density at radius 3 is 2.91 bits per heavy atom. The molecule has 4 N–H and O–H groups in total. The lowest BCUT2D eigenvalue weighted by Gasteiger charge is -2.16. The first-order valence-corrected chi connectivity index (χ1v) is 3.92. The largest absolute Gasteiger partial charge is 0.481 e. The summed E-state index contributed by atoms with van der Waals surface area (Å²) in [5, 5.41) is 11.8. The van der Waals surface area contributed by atoms with Crippen molar-refractivity contribution >= 4 is 5.97 Å². The third-order valence-electron chi connectivity index (χ3n) is 2.16. The average molecular weight is 158 g/mol. The third kappa shape index (κ3) is 1.91. The molecule has 1 fully saturated rings. The van der Waals surface area contributed by atoms with Gasteiger partial charge in [0.15, 0.2) is 0 Å². The molecule has 2 unspecified atom stereocenters. The lowest BCUT2D eigenvalue weighted by molar-refractivity contribution is -0.142. The molecule has 0 spiro atoms. The molecule has 0 aromatic heterocycles. The minimum atomic E-state index is -0.785. The SMILES string of the molecule is NCC(C(=O)O)C1CCCN1. The summed E-state index contributed by atoms with van der Waals surface area (Å²) in [5.41, 5.74) is 5.33. The number of hydrogen-bond acceptors (Lipinski definition) is 3. The van der Waals surface area contributed by atoms with Gasteiger partial charge in [-0.2, -0.15) is 0 Å². The van der Waals surface area contributed by atoms with E-state index in [0.29, 0.717) is 0 Å². The molecule has 1 aliphatic rings. The molecule has 2 atom stereocenters. The molecule has 0 aliphatic carbocycles. The summed E-state index contributed by atoms with van der Waals surface area (Å²) >= 11 is 0. The van der Waals surface area contributed by atoms with Crippen LogP contribution in [-0.4, -0.2) is 30.2 Å². The maximum Gasteiger partial charge on any atom is 0.309 e. The van der Waals surface area contributed by atoms with E-state index in [-0.39, 0.29) is 12.6 Å². The van der Waals surface area contributed by atoms with E-state index < -0.39 is 11.9 Å². The standard InChI is InChI=1S/C7H14N2O2/c8-4-5(7(10)11)6-2-1-3-9-6/h5-6,9H,1-4,8H2,(H,10,11). The van der Waals surface area contributed by atoms with Crippen molar-refractivity contribution in [3.05, 3.63) is 0 Å². The highest BCUT2D eigenvalue weighted by molar-refractivity contribution is 5.71. The van der Waals surface area contributed by atoms with Crippen molar-refractivity contribution in [2.75, 3.05) is 13.1 Å². The molecule has 1 heterocycles. The predicted molar refractivity (Wildman–Crippen MR) is 41.2 cm³/mol. The van der Waals surface area contributed by atoms with Crippen molar-refractivity contribution in [3.8, 4) is 0 Å². The Morgan fingerprint density at radius 2 is 2.55 bits per heavy atom. The molecule has 0 amide bonds. The highest BCUT2D eigenvalue weighted by Crippen LogP contribution is 2.13. The van der Waals surface area contributed by atoms with Crippen molar-refractivity contribution in [1.29, 1.82) is 0 Å². The second-order valence-electron chi connectivity index (χ2n) is 2.88. The Bertz CT molecular complexity index is 143. The quantitative estimate of drug-likeness (QED) is 0.512. The summed E-state index contributed by atoms with van der Waals surface area (Å²) in [6.07, 6.45) is 2.00. The van der Waals surface area contributed by atoms with Gasteiger partial charge in [-0.05, 0) is 19.4 Å². The molecule has 1 rings (SSSR count). The number of hydrogen-bond donors (Lipinski definition) is 3. The molecule has 0 aromatic rings. The maximum atomic E-state index is 10.6. The van der Waals surface area contributed by atoms with Crippen molar-refractivity contribution in [2.24, 2.45) is 11.7 Å². The van der Waals surface area contributed by atoms with Gasteiger partial charge in [-0.1, -0.05) is 0 Å². The van der Waals surface area contributed by atoms with Crippen LogP contribution in [0.2, 0.25) is 0 Å². The molecule has 64 valence electrons. The van der Waals surface area contributed by atoms with Gasteiger partial charge in [-0.15, -0.1) is 0 Å². The minimum Gasteiger partial charge on any atom is -0.481 e. The Morgan fingerprint density at radius 1 is 1.82 bits per heavy atom. The van der Waals surface area contributed by atoms with Gasteiger partial charge in [-0.3, -0.25) is 4.79 Å². The number of aliphatic carboxylic acids is 1. The highest BCUT2D eigenvalue weighted by Gasteiger charge is 2.28. The van der Waals surface area contributed by atoms with E-state index in [4.69, 9.17) is 10.8 Å². The lowest BCUT2D eigenvalue weighted by atomic mass is 9.99. The summed E-state index contributed by atoms with van der Waals surface area (Å²) in [7, 11) is 0. The molecule has 0 saturated carbocycles. The first-order chi connectivity index (χ1) is 5.25. The molecule has 11 heavy (non-hydrogen) atoms. The Balaban J connectivity index is 2.46. The highest BCUT2D eigenvalue weighted by atomic mass is 16.4. The van der Waals surface area contributed by atoms with E-state index in [1.807, 2.05) is 0 Å².